The van der Waals surface area contributed by atoms with E-state index in [0.29, 0.717) is 21.4 Å². The lowest BCUT2D eigenvalue weighted by Gasteiger charge is -2.19. The van der Waals surface area contributed by atoms with Crippen molar-refractivity contribution >= 4 is 46.5 Å². The Labute approximate surface area is 143 Å². The van der Waals surface area contributed by atoms with E-state index in [2.05, 4.69) is 5.32 Å². The molecule has 0 aliphatic carbocycles. The van der Waals surface area contributed by atoms with Crippen molar-refractivity contribution in [2.45, 2.75) is 6.17 Å². The van der Waals surface area contributed by atoms with Crippen LogP contribution in [0.2, 0.25) is 10.0 Å². The molecule has 5 nitrogen and oxygen atoms in total. The number of anilines is 2. The number of amides is 3. The number of halogens is 2. The van der Waals surface area contributed by atoms with Gasteiger partial charge in [0.15, 0.2) is 6.17 Å². The van der Waals surface area contributed by atoms with Crippen LogP contribution in [0.25, 0.3) is 0 Å². The van der Waals surface area contributed by atoms with Gasteiger partial charge < -0.3 is 5.32 Å². The van der Waals surface area contributed by atoms with Crippen LogP contribution in [0.1, 0.15) is 0 Å². The Morgan fingerprint density at radius 2 is 1.78 bits per heavy atom. The fraction of sp³-hybridized carbons (Fsp3) is 0.125. The van der Waals surface area contributed by atoms with Crippen molar-refractivity contribution in [1.82, 2.24) is 4.90 Å². The predicted octanol–water partition coefficient (Wildman–Crippen LogP) is 3.83. The highest BCUT2D eigenvalue weighted by Crippen LogP contribution is 2.29. The first-order valence-electron chi connectivity index (χ1n) is 6.86. The molecule has 0 radical (unpaired) electrons. The number of carbonyl (C=O) groups excluding carboxylic acids is 2. The van der Waals surface area contributed by atoms with Crippen LogP contribution in [0.15, 0.2) is 48.5 Å². The second-order valence-corrected chi connectivity index (χ2v) is 5.92. The zero-order valence-electron chi connectivity index (χ0n) is 12.2. The Morgan fingerprint density at radius 3 is 2.48 bits per heavy atom. The number of hydrogen-bond acceptors (Lipinski definition) is 3. The highest BCUT2D eigenvalue weighted by atomic mass is 35.5. The molecule has 1 aliphatic heterocycles. The van der Waals surface area contributed by atoms with Crippen LogP contribution in [0.5, 0.6) is 0 Å². The second kappa shape index (κ2) is 6.10. The molecule has 2 aromatic carbocycles. The van der Waals surface area contributed by atoms with Gasteiger partial charge in [-0.3, -0.25) is 9.69 Å². The van der Waals surface area contributed by atoms with Crippen molar-refractivity contribution < 1.29 is 9.59 Å². The first-order chi connectivity index (χ1) is 11.0. The smallest absolute Gasteiger partial charge is 0.333 e. The van der Waals surface area contributed by atoms with E-state index in [1.54, 1.807) is 55.6 Å². The number of hydrogen-bond donors (Lipinski definition) is 1. The van der Waals surface area contributed by atoms with Crippen molar-refractivity contribution in [3.63, 3.8) is 0 Å². The van der Waals surface area contributed by atoms with Gasteiger partial charge in [0.05, 0.1) is 16.4 Å². The third-order valence-electron chi connectivity index (χ3n) is 3.57. The Morgan fingerprint density at radius 1 is 1.04 bits per heavy atom. The first-order valence-corrected chi connectivity index (χ1v) is 7.62. The molecule has 0 saturated carbocycles. The molecule has 0 aromatic heterocycles. The first kappa shape index (κ1) is 15.6. The second-order valence-electron chi connectivity index (χ2n) is 5.07. The highest BCUT2D eigenvalue weighted by molar-refractivity contribution is 6.33. The van der Waals surface area contributed by atoms with Crippen LogP contribution in [0.4, 0.5) is 16.2 Å². The molecule has 23 heavy (non-hydrogen) atoms. The summed E-state index contributed by atoms with van der Waals surface area (Å²) < 4.78 is 0. The lowest BCUT2D eigenvalue weighted by molar-refractivity contribution is -0.118. The molecule has 1 aliphatic rings. The van der Waals surface area contributed by atoms with Crippen LogP contribution in [-0.2, 0) is 4.79 Å². The summed E-state index contributed by atoms with van der Waals surface area (Å²) in [5.41, 5.74) is 1.02. The van der Waals surface area contributed by atoms with E-state index in [1.807, 2.05) is 0 Å². The standard InChI is InChI=1S/C16H13Cl2N3O2/c1-20-14(19-13-8-3-2-7-12(13)18)15(22)21(16(20)23)11-6-4-5-10(17)9-11/h2-9,14,19H,1H3. The van der Waals surface area contributed by atoms with E-state index < -0.39 is 12.2 Å². The zero-order valence-corrected chi connectivity index (χ0v) is 13.7. The molecular formula is C16H13Cl2N3O2. The number of rotatable bonds is 3. The summed E-state index contributed by atoms with van der Waals surface area (Å²) in [4.78, 5) is 27.5. The van der Waals surface area contributed by atoms with Crippen LogP contribution < -0.4 is 10.2 Å². The SMILES string of the molecule is CN1C(=O)N(c2cccc(Cl)c2)C(=O)C1Nc1ccccc1Cl. The number of nitrogens with zero attached hydrogens (tertiary/aromatic N) is 2. The van der Waals surface area contributed by atoms with E-state index in [0.717, 1.165) is 4.90 Å². The van der Waals surface area contributed by atoms with Crippen LogP contribution in [0.3, 0.4) is 0 Å². The molecule has 118 valence electrons. The van der Waals surface area contributed by atoms with E-state index in [9.17, 15) is 9.59 Å². The number of nitrogens with one attached hydrogen (secondary N) is 1. The van der Waals surface area contributed by atoms with Crippen LogP contribution >= 0.6 is 23.2 Å². The highest BCUT2D eigenvalue weighted by Gasteiger charge is 2.44. The lowest BCUT2D eigenvalue weighted by Crippen LogP contribution is -2.38. The summed E-state index contributed by atoms with van der Waals surface area (Å²) in [5, 5.41) is 3.93. The summed E-state index contributed by atoms with van der Waals surface area (Å²) in [5.74, 6) is -0.389. The van der Waals surface area contributed by atoms with Crippen LogP contribution in [-0.4, -0.2) is 30.1 Å². The van der Waals surface area contributed by atoms with Gasteiger partial charge in [0.2, 0.25) is 0 Å². The molecule has 1 heterocycles. The summed E-state index contributed by atoms with van der Waals surface area (Å²) in [6, 6.07) is 13.2. The maximum Gasteiger partial charge on any atom is 0.333 e. The molecule has 3 rings (SSSR count). The Kier molecular flexibility index (Phi) is 4.15. The van der Waals surface area contributed by atoms with Crippen molar-refractivity contribution in [1.29, 1.82) is 0 Å². The van der Waals surface area contributed by atoms with Crippen LogP contribution in [0, 0.1) is 0 Å². The quantitative estimate of drug-likeness (QED) is 0.856. The molecule has 7 heteroatoms. The third kappa shape index (κ3) is 2.85. The normalized spacial score (nSPS) is 17.8. The number of benzene rings is 2. The number of para-hydroxylation sites is 1. The monoisotopic (exact) mass is 349 g/mol. The van der Waals surface area contributed by atoms with Gasteiger partial charge in [-0.1, -0.05) is 41.4 Å². The lowest BCUT2D eigenvalue weighted by atomic mass is 10.2. The van der Waals surface area contributed by atoms with Crippen molar-refractivity contribution in [3.8, 4) is 0 Å². The molecule has 2 aromatic rings. The third-order valence-corrected chi connectivity index (χ3v) is 4.13. The van der Waals surface area contributed by atoms with E-state index in [-0.39, 0.29) is 5.91 Å². The number of urea groups is 1. The van der Waals surface area contributed by atoms with Crippen molar-refractivity contribution in [3.05, 3.63) is 58.6 Å². The number of carbonyl (C=O) groups is 2. The van der Waals surface area contributed by atoms with E-state index in [4.69, 9.17) is 23.2 Å². The average Bonchev–Trinajstić information content (AvgIpc) is 2.73. The Balaban J connectivity index is 1.91. The maximum atomic E-state index is 12.7. The molecular weight excluding hydrogens is 337 g/mol. The topological polar surface area (TPSA) is 52.7 Å². The van der Waals surface area contributed by atoms with Crippen molar-refractivity contribution in [2.75, 3.05) is 17.3 Å². The molecule has 3 amide bonds. The molecule has 1 unspecified atom stereocenters. The number of imide groups is 1. The molecule has 1 N–H and O–H groups in total. The molecule has 1 fully saturated rings. The summed E-state index contributed by atoms with van der Waals surface area (Å²) >= 11 is 12.0. The minimum Gasteiger partial charge on any atom is -0.356 e. The predicted molar refractivity (Wildman–Crippen MR) is 91.0 cm³/mol. The van der Waals surface area contributed by atoms with Crippen molar-refractivity contribution in [2.24, 2.45) is 0 Å². The Bertz CT molecular complexity index is 781. The average molecular weight is 350 g/mol. The maximum absolute atomic E-state index is 12.7. The summed E-state index contributed by atoms with van der Waals surface area (Å²) in [7, 11) is 1.55. The molecule has 0 spiro atoms. The summed E-state index contributed by atoms with van der Waals surface area (Å²) in [6.45, 7) is 0. The molecule has 0 bridgehead atoms. The van der Waals surface area contributed by atoms with Gasteiger partial charge in [-0.25, -0.2) is 9.69 Å². The van der Waals surface area contributed by atoms with Gasteiger partial charge in [-0.15, -0.1) is 0 Å². The minimum atomic E-state index is -0.832. The zero-order chi connectivity index (χ0) is 16.6. The summed E-state index contributed by atoms with van der Waals surface area (Å²) in [6.07, 6.45) is -0.832. The Hall–Kier alpha value is -2.24. The number of likely N-dealkylation sites (N-methyl/N-ethyl adjacent to an activating group) is 1. The van der Waals surface area contributed by atoms with Gasteiger partial charge in [-0.05, 0) is 30.3 Å². The fourth-order valence-electron chi connectivity index (χ4n) is 2.39. The van der Waals surface area contributed by atoms with Gasteiger partial charge in [0.1, 0.15) is 0 Å². The fourth-order valence-corrected chi connectivity index (χ4v) is 2.76. The molecule has 1 saturated heterocycles. The van der Waals surface area contributed by atoms with Gasteiger partial charge in [0.25, 0.3) is 5.91 Å². The largest absolute Gasteiger partial charge is 0.356 e. The van der Waals surface area contributed by atoms with Gasteiger partial charge in [0, 0.05) is 12.1 Å². The van der Waals surface area contributed by atoms with E-state index in [1.165, 1.54) is 4.90 Å². The van der Waals surface area contributed by atoms with Gasteiger partial charge >= 0.3 is 6.03 Å². The van der Waals surface area contributed by atoms with Gasteiger partial charge in [-0.2, -0.15) is 0 Å². The van der Waals surface area contributed by atoms with E-state index >= 15 is 0 Å². The minimum absolute atomic E-state index is 0.389. The molecule has 1 atom stereocenters.